The lowest BCUT2D eigenvalue weighted by Crippen LogP contribution is -1.92. The van der Waals surface area contributed by atoms with Crippen molar-refractivity contribution in [2.24, 2.45) is 0 Å². The second kappa shape index (κ2) is 4.37. The Morgan fingerprint density at radius 2 is 1.81 bits per heavy atom. The van der Waals surface area contributed by atoms with Gasteiger partial charge in [0.25, 0.3) is 0 Å². The van der Waals surface area contributed by atoms with Crippen LogP contribution in [0.2, 0.25) is 0 Å². The highest BCUT2D eigenvalue weighted by atomic mass is 19.1. The Bertz CT molecular complexity index is 494. The van der Waals surface area contributed by atoms with Crippen molar-refractivity contribution in [1.29, 1.82) is 0 Å². The fourth-order valence-corrected chi connectivity index (χ4v) is 1.48. The van der Waals surface area contributed by atoms with Gasteiger partial charge in [-0.25, -0.2) is 8.78 Å². The topological polar surface area (TPSA) is 33.1 Å². The predicted molar refractivity (Wildman–Crippen MR) is 55.5 cm³/mol. The first kappa shape index (κ1) is 10.7. The van der Waals surface area contributed by atoms with E-state index < -0.39 is 11.6 Å². The van der Waals surface area contributed by atoms with Crippen LogP contribution >= 0.6 is 0 Å². The number of hydrogen-bond donors (Lipinski definition) is 1. The molecule has 0 aliphatic heterocycles. The van der Waals surface area contributed by atoms with Crippen LogP contribution in [0.4, 0.5) is 8.78 Å². The zero-order valence-corrected chi connectivity index (χ0v) is 8.32. The molecule has 0 atom stereocenters. The number of aliphatic hydroxyl groups is 1. The van der Waals surface area contributed by atoms with Gasteiger partial charge in [0.15, 0.2) is 0 Å². The molecule has 0 bridgehead atoms. The number of halogens is 2. The zero-order chi connectivity index (χ0) is 11.5. The maximum absolute atomic E-state index is 13.4. The van der Waals surface area contributed by atoms with E-state index in [0.717, 1.165) is 0 Å². The first-order valence-electron chi connectivity index (χ1n) is 4.71. The van der Waals surface area contributed by atoms with Crippen LogP contribution in [0.5, 0.6) is 0 Å². The minimum absolute atomic E-state index is 0.120. The van der Waals surface area contributed by atoms with Crippen molar-refractivity contribution in [3.8, 4) is 11.1 Å². The molecular weight excluding hydrogens is 212 g/mol. The number of nitrogens with zero attached hydrogens (tertiary/aromatic N) is 1. The summed E-state index contributed by atoms with van der Waals surface area (Å²) in [5.74, 6) is -1.28. The molecule has 4 heteroatoms. The summed E-state index contributed by atoms with van der Waals surface area (Å²) in [6.07, 6.45) is 2.81. The minimum Gasteiger partial charge on any atom is -0.392 e. The van der Waals surface area contributed by atoms with E-state index in [-0.39, 0.29) is 12.2 Å². The quantitative estimate of drug-likeness (QED) is 0.845. The Labute approximate surface area is 91.2 Å². The zero-order valence-electron chi connectivity index (χ0n) is 8.32. The van der Waals surface area contributed by atoms with Crippen LogP contribution in [0.1, 0.15) is 5.56 Å². The van der Waals surface area contributed by atoms with Gasteiger partial charge in [0, 0.05) is 18.0 Å². The molecule has 0 saturated heterocycles. The Balaban J connectivity index is 2.58. The lowest BCUT2D eigenvalue weighted by molar-refractivity contribution is 0.281. The molecular formula is C12H9F2NO. The maximum Gasteiger partial charge on any atom is 0.134 e. The van der Waals surface area contributed by atoms with Gasteiger partial charge in [-0.3, -0.25) is 4.98 Å². The van der Waals surface area contributed by atoms with E-state index in [4.69, 9.17) is 5.11 Å². The van der Waals surface area contributed by atoms with Crippen molar-refractivity contribution in [2.75, 3.05) is 0 Å². The van der Waals surface area contributed by atoms with Gasteiger partial charge >= 0.3 is 0 Å². The Morgan fingerprint density at radius 3 is 2.44 bits per heavy atom. The van der Waals surface area contributed by atoms with Crippen molar-refractivity contribution < 1.29 is 13.9 Å². The molecule has 0 radical (unpaired) electrons. The second-order valence-electron chi connectivity index (χ2n) is 3.34. The Kier molecular flexibility index (Phi) is 2.92. The van der Waals surface area contributed by atoms with Crippen molar-refractivity contribution in [3.63, 3.8) is 0 Å². The third-order valence-corrected chi connectivity index (χ3v) is 2.23. The van der Waals surface area contributed by atoms with E-state index in [1.165, 1.54) is 36.7 Å². The van der Waals surface area contributed by atoms with Crippen molar-refractivity contribution >= 4 is 0 Å². The lowest BCUT2D eigenvalue weighted by atomic mass is 10.1. The summed E-state index contributed by atoms with van der Waals surface area (Å²) in [5.41, 5.74) is 0.715. The molecule has 0 spiro atoms. The van der Waals surface area contributed by atoms with Crippen molar-refractivity contribution in [2.45, 2.75) is 6.61 Å². The molecule has 0 amide bonds. The van der Waals surface area contributed by atoms with Crippen LogP contribution in [-0.2, 0) is 6.61 Å². The SMILES string of the molecule is OCc1cncc(-c2c(F)cccc2F)c1. The van der Waals surface area contributed by atoms with Crippen LogP contribution in [0.15, 0.2) is 36.7 Å². The van der Waals surface area contributed by atoms with E-state index in [9.17, 15) is 8.78 Å². The van der Waals surface area contributed by atoms with E-state index in [1.807, 2.05) is 0 Å². The molecule has 2 aromatic rings. The first-order valence-corrected chi connectivity index (χ1v) is 4.71. The van der Waals surface area contributed by atoms with Gasteiger partial charge in [-0.15, -0.1) is 0 Å². The minimum atomic E-state index is -0.642. The number of hydrogen-bond acceptors (Lipinski definition) is 2. The molecule has 0 aliphatic rings. The van der Waals surface area contributed by atoms with Gasteiger partial charge in [-0.05, 0) is 23.8 Å². The third-order valence-electron chi connectivity index (χ3n) is 2.23. The summed E-state index contributed by atoms with van der Waals surface area (Å²) in [5, 5.41) is 8.92. The molecule has 82 valence electrons. The highest BCUT2D eigenvalue weighted by molar-refractivity contribution is 5.64. The Morgan fingerprint density at radius 1 is 1.12 bits per heavy atom. The number of benzene rings is 1. The summed E-state index contributed by atoms with van der Waals surface area (Å²) in [7, 11) is 0. The van der Waals surface area contributed by atoms with Gasteiger partial charge in [0.2, 0.25) is 0 Å². The third kappa shape index (κ3) is 1.92. The fraction of sp³-hybridized carbons (Fsp3) is 0.0833. The van der Waals surface area contributed by atoms with Crippen LogP contribution in [-0.4, -0.2) is 10.1 Å². The standard InChI is InChI=1S/C12H9F2NO/c13-10-2-1-3-11(14)12(10)9-4-8(7-16)5-15-6-9/h1-6,16H,7H2. The molecule has 1 N–H and O–H groups in total. The monoisotopic (exact) mass is 221 g/mol. The van der Waals surface area contributed by atoms with Crippen LogP contribution in [0, 0.1) is 11.6 Å². The molecule has 0 fully saturated rings. The van der Waals surface area contributed by atoms with E-state index in [2.05, 4.69) is 4.98 Å². The lowest BCUT2D eigenvalue weighted by Gasteiger charge is -2.05. The smallest absolute Gasteiger partial charge is 0.134 e. The average molecular weight is 221 g/mol. The summed E-state index contributed by atoms with van der Waals surface area (Å²) in [6, 6.07) is 5.18. The summed E-state index contributed by atoms with van der Waals surface area (Å²) in [4.78, 5) is 3.82. The highest BCUT2D eigenvalue weighted by Crippen LogP contribution is 2.25. The van der Waals surface area contributed by atoms with Crippen LogP contribution < -0.4 is 0 Å². The van der Waals surface area contributed by atoms with Crippen molar-refractivity contribution in [3.05, 3.63) is 53.9 Å². The van der Waals surface area contributed by atoms with Crippen LogP contribution in [0.3, 0.4) is 0 Å². The molecule has 0 saturated carbocycles. The summed E-state index contributed by atoms with van der Waals surface area (Å²) < 4.78 is 26.9. The second-order valence-corrected chi connectivity index (χ2v) is 3.34. The van der Waals surface area contributed by atoms with Crippen molar-refractivity contribution in [1.82, 2.24) is 4.98 Å². The van der Waals surface area contributed by atoms with Gasteiger partial charge in [0.05, 0.1) is 12.2 Å². The largest absolute Gasteiger partial charge is 0.392 e. The molecule has 2 rings (SSSR count). The van der Waals surface area contributed by atoms with Crippen LogP contribution in [0.25, 0.3) is 11.1 Å². The predicted octanol–water partition coefficient (Wildman–Crippen LogP) is 2.52. The Hall–Kier alpha value is -1.81. The molecule has 1 aromatic carbocycles. The number of aliphatic hydroxyl groups excluding tert-OH is 1. The summed E-state index contributed by atoms with van der Waals surface area (Å²) >= 11 is 0. The molecule has 1 heterocycles. The normalized spacial score (nSPS) is 10.4. The van der Waals surface area contributed by atoms with Gasteiger partial charge in [0.1, 0.15) is 11.6 Å². The number of pyridine rings is 1. The van der Waals surface area contributed by atoms with E-state index in [0.29, 0.717) is 11.1 Å². The fourth-order valence-electron chi connectivity index (χ4n) is 1.48. The molecule has 2 nitrogen and oxygen atoms in total. The molecule has 0 aliphatic carbocycles. The number of rotatable bonds is 2. The maximum atomic E-state index is 13.4. The van der Waals surface area contributed by atoms with E-state index in [1.54, 1.807) is 0 Å². The van der Waals surface area contributed by atoms with Gasteiger partial charge < -0.3 is 5.11 Å². The molecule has 0 unspecified atom stereocenters. The average Bonchev–Trinajstić information content (AvgIpc) is 2.29. The summed E-state index contributed by atoms with van der Waals surface area (Å²) in [6.45, 7) is -0.211. The van der Waals surface area contributed by atoms with Gasteiger partial charge in [-0.1, -0.05) is 6.07 Å². The highest BCUT2D eigenvalue weighted by Gasteiger charge is 2.11. The molecule has 1 aromatic heterocycles. The molecule has 16 heavy (non-hydrogen) atoms. The van der Waals surface area contributed by atoms with Gasteiger partial charge in [-0.2, -0.15) is 0 Å². The van der Waals surface area contributed by atoms with E-state index >= 15 is 0 Å². The first-order chi connectivity index (χ1) is 7.72. The number of aromatic nitrogens is 1.